The summed E-state index contributed by atoms with van der Waals surface area (Å²) in [5.41, 5.74) is 1.78. The van der Waals surface area contributed by atoms with Crippen LogP contribution in [0.3, 0.4) is 0 Å². The summed E-state index contributed by atoms with van der Waals surface area (Å²) in [4.78, 5) is 27.3. The van der Waals surface area contributed by atoms with E-state index in [0.717, 1.165) is 22.0 Å². The van der Waals surface area contributed by atoms with Crippen molar-refractivity contribution in [2.24, 2.45) is 0 Å². The highest BCUT2D eigenvalue weighted by molar-refractivity contribution is 9.10. The summed E-state index contributed by atoms with van der Waals surface area (Å²) in [5.74, 6) is 0.102. The number of carbonyl (C=O) groups is 2. The minimum atomic E-state index is -0.668. The normalized spacial score (nSPS) is 12.7. The second-order valence-electron chi connectivity index (χ2n) is 7.31. The largest absolute Gasteiger partial charge is 0.484 e. The van der Waals surface area contributed by atoms with Gasteiger partial charge in [0.15, 0.2) is 6.61 Å². The Balaban J connectivity index is 2.18. The highest BCUT2D eigenvalue weighted by Gasteiger charge is 2.27. The number of aryl methyl sites for hydroxylation is 1. The summed E-state index contributed by atoms with van der Waals surface area (Å²) in [5, 5.41) is 3.49. The number of halogens is 2. The molecule has 0 heterocycles. The minimum absolute atomic E-state index is 0.0270. The molecular formula is C23H28BrClN2O3. The van der Waals surface area contributed by atoms with E-state index >= 15 is 0 Å². The third-order valence-electron chi connectivity index (χ3n) is 4.96. The molecule has 0 bridgehead atoms. The molecule has 1 N–H and O–H groups in total. The van der Waals surface area contributed by atoms with Crippen LogP contribution >= 0.6 is 27.5 Å². The molecule has 0 saturated carbocycles. The smallest absolute Gasteiger partial charge is 0.261 e. The molecule has 2 atom stereocenters. The van der Waals surface area contributed by atoms with Crippen LogP contribution in [-0.4, -0.2) is 35.4 Å². The lowest BCUT2D eigenvalue weighted by Crippen LogP contribution is -2.50. The summed E-state index contributed by atoms with van der Waals surface area (Å²) >= 11 is 9.74. The van der Waals surface area contributed by atoms with Crippen LogP contribution in [0.4, 0.5) is 0 Å². The van der Waals surface area contributed by atoms with Gasteiger partial charge in [-0.1, -0.05) is 52.7 Å². The van der Waals surface area contributed by atoms with E-state index in [9.17, 15) is 9.59 Å². The predicted octanol–water partition coefficient (Wildman–Crippen LogP) is 5.12. The Labute approximate surface area is 191 Å². The summed E-state index contributed by atoms with van der Waals surface area (Å²) in [6.07, 6.45) is 0.808. The van der Waals surface area contributed by atoms with Crippen molar-refractivity contribution in [2.75, 3.05) is 6.61 Å². The lowest BCUT2D eigenvalue weighted by molar-refractivity contribution is -0.142. The first kappa shape index (κ1) is 24.2. The molecule has 0 fully saturated rings. The van der Waals surface area contributed by atoms with Gasteiger partial charge >= 0.3 is 0 Å². The molecule has 30 heavy (non-hydrogen) atoms. The van der Waals surface area contributed by atoms with E-state index in [1.807, 2.05) is 51.1 Å². The maximum atomic E-state index is 13.1. The van der Waals surface area contributed by atoms with E-state index in [1.165, 1.54) is 4.90 Å². The molecule has 0 aliphatic carbocycles. The number of hydrogen-bond donors (Lipinski definition) is 1. The van der Waals surface area contributed by atoms with Crippen molar-refractivity contribution in [1.82, 2.24) is 10.2 Å². The van der Waals surface area contributed by atoms with Crippen molar-refractivity contribution < 1.29 is 14.3 Å². The van der Waals surface area contributed by atoms with E-state index in [0.29, 0.717) is 10.8 Å². The number of hydrogen-bond acceptors (Lipinski definition) is 3. The van der Waals surface area contributed by atoms with Crippen molar-refractivity contribution in [1.29, 1.82) is 0 Å². The molecule has 0 aromatic heterocycles. The maximum Gasteiger partial charge on any atom is 0.261 e. The van der Waals surface area contributed by atoms with Crippen LogP contribution in [0.15, 0.2) is 46.9 Å². The first-order valence-corrected chi connectivity index (χ1v) is 11.1. The predicted molar refractivity (Wildman–Crippen MR) is 124 cm³/mol. The fourth-order valence-electron chi connectivity index (χ4n) is 2.79. The number of nitrogens with one attached hydrogen (secondary N) is 1. The average Bonchev–Trinajstić information content (AvgIpc) is 2.73. The fourth-order valence-corrected chi connectivity index (χ4v) is 3.24. The van der Waals surface area contributed by atoms with Crippen LogP contribution in [0.1, 0.15) is 38.3 Å². The van der Waals surface area contributed by atoms with Gasteiger partial charge in [0, 0.05) is 22.1 Å². The molecule has 0 aliphatic heterocycles. The molecule has 0 radical (unpaired) electrons. The summed E-state index contributed by atoms with van der Waals surface area (Å²) in [6.45, 7) is 7.64. The molecule has 2 aromatic carbocycles. The number of rotatable bonds is 9. The van der Waals surface area contributed by atoms with E-state index < -0.39 is 6.04 Å². The molecule has 0 aliphatic rings. The van der Waals surface area contributed by atoms with Gasteiger partial charge in [0.2, 0.25) is 5.91 Å². The van der Waals surface area contributed by atoms with Gasteiger partial charge in [0.25, 0.3) is 5.91 Å². The topological polar surface area (TPSA) is 58.6 Å². The van der Waals surface area contributed by atoms with Crippen molar-refractivity contribution in [3.8, 4) is 5.75 Å². The number of benzene rings is 2. The van der Waals surface area contributed by atoms with E-state index in [4.69, 9.17) is 16.3 Å². The van der Waals surface area contributed by atoms with Gasteiger partial charge in [-0.2, -0.15) is 0 Å². The van der Waals surface area contributed by atoms with Gasteiger partial charge in [-0.25, -0.2) is 0 Å². The Morgan fingerprint density at radius 3 is 2.53 bits per heavy atom. The highest BCUT2D eigenvalue weighted by atomic mass is 79.9. The van der Waals surface area contributed by atoms with E-state index in [2.05, 4.69) is 21.2 Å². The van der Waals surface area contributed by atoms with E-state index in [1.54, 1.807) is 19.1 Å². The lowest BCUT2D eigenvalue weighted by atomic mass is 10.1. The van der Waals surface area contributed by atoms with Crippen LogP contribution in [0.5, 0.6) is 5.75 Å². The van der Waals surface area contributed by atoms with Crippen molar-refractivity contribution in [2.45, 2.75) is 52.7 Å². The Morgan fingerprint density at radius 2 is 1.90 bits per heavy atom. The number of ether oxygens (including phenoxy) is 1. The van der Waals surface area contributed by atoms with Crippen LogP contribution < -0.4 is 10.1 Å². The Bertz CT molecular complexity index is 891. The number of carbonyl (C=O) groups excluding carboxylic acids is 2. The fraction of sp³-hybridized carbons (Fsp3) is 0.391. The van der Waals surface area contributed by atoms with Gasteiger partial charge < -0.3 is 15.0 Å². The number of amides is 2. The molecular weight excluding hydrogens is 468 g/mol. The SMILES string of the molecule is CCC(C)NC(=O)C(C)N(Cc1ccccc1Cl)C(=O)COc1ccc(Br)c(C)c1. The first-order chi connectivity index (χ1) is 14.2. The maximum absolute atomic E-state index is 13.1. The highest BCUT2D eigenvalue weighted by Crippen LogP contribution is 2.22. The third-order valence-corrected chi connectivity index (χ3v) is 6.22. The zero-order valence-electron chi connectivity index (χ0n) is 17.7. The lowest BCUT2D eigenvalue weighted by Gasteiger charge is -2.30. The summed E-state index contributed by atoms with van der Waals surface area (Å²) in [7, 11) is 0. The standard InChI is InChI=1S/C23H28BrClN2O3/c1-5-16(3)26-23(29)17(4)27(13-18-8-6-7-9-21(18)25)22(28)14-30-19-10-11-20(24)15(2)12-19/h6-12,16-17H,5,13-14H2,1-4H3,(H,26,29). The van der Waals surface area contributed by atoms with E-state index in [-0.39, 0.29) is 31.0 Å². The van der Waals surface area contributed by atoms with Gasteiger partial charge in [0.1, 0.15) is 11.8 Å². The summed E-state index contributed by atoms with van der Waals surface area (Å²) < 4.78 is 6.68. The molecule has 0 spiro atoms. The second-order valence-corrected chi connectivity index (χ2v) is 8.57. The quantitative estimate of drug-likeness (QED) is 0.525. The molecule has 7 heteroatoms. The zero-order chi connectivity index (χ0) is 22.3. The molecule has 2 amide bonds. The summed E-state index contributed by atoms with van der Waals surface area (Å²) in [6, 6.07) is 12.2. The monoisotopic (exact) mass is 494 g/mol. The van der Waals surface area contributed by atoms with Gasteiger partial charge in [-0.15, -0.1) is 0 Å². The van der Waals surface area contributed by atoms with Crippen LogP contribution in [-0.2, 0) is 16.1 Å². The minimum Gasteiger partial charge on any atom is -0.484 e. The molecule has 2 aromatic rings. The zero-order valence-corrected chi connectivity index (χ0v) is 20.1. The van der Waals surface area contributed by atoms with Crippen LogP contribution in [0.2, 0.25) is 5.02 Å². The van der Waals surface area contributed by atoms with Gasteiger partial charge in [-0.05, 0) is 62.6 Å². The third kappa shape index (κ3) is 6.74. The second kappa shape index (κ2) is 11.4. The Hall–Kier alpha value is -2.05. The molecule has 162 valence electrons. The molecule has 2 rings (SSSR count). The first-order valence-electron chi connectivity index (χ1n) is 9.95. The number of nitrogens with zero attached hydrogens (tertiary/aromatic N) is 1. The van der Waals surface area contributed by atoms with Crippen LogP contribution in [0.25, 0.3) is 0 Å². The molecule has 0 saturated heterocycles. The van der Waals surface area contributed by atoms with Crippen molar-refractivity contribution in [3.05, 3.63) is 63.1 Å². The van der Waals surface area contributed by atoms with Gasteiger partial charge in [-0.3, -0.25) is 9.59 Å². The molecule has 5 nitrogen and oxygen atoms in total. The average molecular weight is 496 g/mol. The Morgan fingerprint density at radius 1 is 1.20 bits per heavy atom. The van der Waals surface area contributed by atoms with Crippen molar-refractivity contribution >= 4 is 39.3 Å². The van der Waals surface area contributed by atoms with Crippen molar-refractivity contribution in [3.63, 3.8) is 0 Å². The molecule has 2 unspecified atom stereocenters. The van der Waals surface area contributed by atoms with Gasteiger partial charge in [0.05, 0.1) is 0 Å². The van der Waals surface area contributed by atoms with Crippen LogP contribution in [0, 0.1) is 6.92 Å². The Kier molecular flexibility index (Phi) is 9.18.